The van der Waals surface area contributed by atoms with Gasteiger partial charge in [-0.25, -0.2) is 4.98 Å². The number of methoxy groups -OCH3 is 1. The van der Waals surface area contributed by atoms with Crippen molar-refractivity contribution in [1.29, 1.82) is 0 Å². The third-order valence-electron chi connectivity index (χ3n) is 13.7. The number of carbonyl (C=O) groups excluding carboxylic acids is 4. The van der Waals surface area contributed by atoms with Crippen molar-refractivity contribution in [3.05, 3.63) is 74.7 Å². The Hall–Kier alpha value is -5.78. The van der Waals surface area contributed by atoms with E-state index in [0.29, 0.717) is 58.7 Å². The van der Waals surface area contributed by atoms with Gasteiger partial charge in [0.1, 0.15) is 16.8 Å². The third-order valence-corrected chi connectivity index (χ3v) is 14.0. The number of anilines is 3. The van der Waals surface area contributed by atoms with Crippen molar-refractivity contribution in [3.63, 3.8) is 0 Å². The van der Waals surface area contributed by atoms with Gasteiger partial charge in [0.05, 0.1) is 36.6 Å². The smallest absolute Gasteiger partial charge is 0.293 e. The van der Waals surface area contributed by atoms with Crippen molar-refractivity contribution >= 4 is 63.6 Å². The topological polar surface area (TPSA) is 190 Å². The summed E-state index contributed by atoms with van der Waals surface area (Å²) in [6.45, 7) is 7.43. The highest BCUT2D eigenvalue weighted by molar-refractivity contribution is 6.33. The average molecular weight is 910 g/mol. The number of fused-ring (bicyclic) bond motifs is 2. The van der Waals surface area contributed by atoms with Gasteiger partial charge in [0.2, 0.25) is 17.8 Å². The van der Waals surface area contributed by atoms with Crippen LogP contribution in [-0.2, 0) is 25.7 Å². The molecule has 5 aliphatic rings. The fourth-order valence-corrected chi connectivity index (χ4v) is 10.2. The van der Waals surface area contributed by atoms with Gasteiger partial charge in [-0.15, -0.1) is 0 Å². The Morgan fingerprint density at radius 2 is 1.72 bits per heavy atom. The van der Waals surface area contributed by atoms with E-state index in [1.54, 1.807) is 28.8 Å². The monoisotopic (exact) mass is 909 g/mol. The Bertz CT molecular complexity index is 2560. The van der Waals surface area contributed by atoms with Crippen molar-refractivity contribution in [2.45, 2.75) is 108 Å². The zero-order valence-corrected chi connectivity index (χ0v) is 38.0. The maximum Gasteiger partial charge on any atom is 0.293 e. The number of rotatable bonds is 13. The number of piperidine rings is 3. The van der Waals surface area contributed by atoms with E-state index >= 15 is 0 Å². The highest BCUT2D eigenvalue weighted by Crippen LogP contribution is 2.41. The van der Waals surface area contributed by atoms with Crippen LogP contribution in [-0.4, -0.2) is 119 Å². The molecule has 2 aromatic carbocycles. The second kappa shape index (κ2) is 18.6. The molecule has 0 spiro atoms. The van der Waals surface area contributed by atoms with Crippen LogP contribution >= 0.6 is 11.6 Å². The zero-order chi connectivity index (χ0) is 45.5. The first-order chi connectivity index (χ1) is 31.4. The molecule has 9 rings (SSSR count). The van der Waals surface area contributed by atoms with Gasteiger partial charge < -0.3 is 44.1 Å². The highest BCUT2D eigenvalue weighted by atomic mass is 35.5. The summed E-state index contributed by atoms with van der Waals surface area (Å²) in [5, 5.41) is 9.35. The first-order valence-electron chi connectivity index (χ1n) is 22.7. The van der Waals surface area contributed by atoms with Gasteiger partial charge in [0.25, 0.3) is 17.4 Å². The number of benzene rings is 2. The Kier molecular flexibility index (Phi) is 12.7. The Morgan fingerprint density at radius 1 is 0.954 bits per heavy atom. The maximum absolute atomic E-state index is 13.5. The number of hydrogen-bond donors (Lipinski definition) is 3. The van der Waals surface area contributed by atoms with Crippen molar-refractivity contribution in [2.24, 2.45) is 0 Å². The number of halogens is 1. The molecule has 17 nitrogen and oxygen atoms in total. The van der Waals surface area contributed by atoms with Crippen molar-refractivity contribution in [3.8, 4) is 11.5 Å². The minimum absolute atomic E-state index is 0.0926. The number of likely N-dealkylation sites (N-methyl/N-ethyl adjacent to an activating group) is 1. The van der Waals surface area contributed by atoms with Gasteiger partial charge in [-0.3, -0.25) is 29.3 Å². The van der Waals surface area contributed by atoms with E-state index in [4.69, 9.17) is 30.8 Å². The second-order valence-corrected chi connectivity index (χ2v) is 18.4. The van der Waals surface area contributed by atoms with Gasteiger partial charge in [0.15, 0.2) is 18.2 Å². The van der Waals surface area contributed by atoms with E-state index in [0.717, 1.165) is 81.2 Å². The molecule has 344 valence electrons. The molecule has 1 atom stereocenters. The van der Waals surface area contributed by atoms with Crippen molar-refractivity contribution in [1.82, 2.24) is 35.0 Å². The molecule has 1 aliphatic carbocycles. The third kappa shape index (κ3) is 9.10. The molecule has 4 fully saturated rings. The van der Waals surface area contributed by atoms with Crippen LogP contribution in [0.25, 0.3) is 10.9 Å². The fourth-order valence-electron chi connectivity index (χ4n) is 10.1. The number of nitrogens with one attached hydrogen (secondary N) is 3. The molecular formula is C47H56ClN9O8. The molecule has 0 bridgehead atoms. The normalized spacial score (nSPS) is 21.9. The highest BCUT2D eigenvalue weighted by Gasteiger charge is 2.42. The van der Waals surface area contributed by atoms with Crippen LogP contribution in [0.5, 0.6) is 11.5 Å². The lowest BCUT2D eigenvalue weighted by Crippen LogP contribution is -2.52. The van der Waals surface area contributed by atoms with Crippen LogP contribution in [0, 0.1) is 0 Å². The number of amides is 4. The maximum atomic E-state index is 13.5. The van der Waals surface area contributed by atoms with Crippen LogP contribution in [0.3, 0.4) is 0 Å². The number of likely N-dealkylation sites (tertiary alicyclic amines) is 1. The van der Waals surface area contributed by atoms with E-state index in [9.17, 15) is 24.0 Å². The minimum atomic E-state index is -0.658. The molecular weight excluding hydrogens is 854 g/mol. The van der Waals surface area contributed by atoms with Crippen LogP contribution < -0.4 is 35.9 Å². The summed E-state index contributed by atoms with van der Waals surface area (Å²) in [4.78, 5) is 78.6. The molecule has 3 saturated heterocycles. The molecule has 1 unspecified atom stereocenters. The van der Waals surface area contributed by atoms with Crippen molar-refractivity contribution < 1.29 is 33.4 Å². The summed E-state index contributed by atoms with van der Waals surface area (Å²) in [7, 11) is 3.10. The predicted octanol–water partition coefficient (Wildman–Crippen LogP) is 5.06. The van der Waals surface area contributed by atoms with Crippen LogP contribution in [0.15, 0.2) is 47.4 Å². The number of imide groups is 1. The van der Waals surface area contributed by atoms with Gasteiger partial charge >= 0.3 is 0 Å². The molecule has 3 N–H and O–H groups in total. The lowest BCUT2D eigenvalue weighted by molar-refractivity contribution is -0.137. The largest absolute Gasteiger partial charge is 0.496 e. The van der Waals surface area contributed by atoms with Crippen LogP contribution in [0.2, 0.25) is 5.02 Å². The summed E-state index contributed by atoms with van der Waals surface area (Å²) in [5.41, 5.74) is 3.71. The number of carbonyl (C=O) groups is 4. The zero-order valence-electron chi connectivity index (χ0n) is 37.2. The Balaban J connectivity index is 0.750. The summed E-state index contributed by atoms with van der Waals surface area (Å²) >= 11 is 6.61. The summed E-state index contributed by atoms with van der Waals surface area (Å²) in [5.74, 6) is 0.779. The molecule has 0 radical (unpaired) electrons. The number of pyridine rings is 1. The van der Waals surface area contributed by atoms with Crippen molar-refractivity contribution in [2.75, 3.05) is 57.2 Å². The predicted molar refractivity (Wildman–Crippen MR) is 244 cm³/mol. The quantitative estimate of drug-likeness (QED) is 0.151. The summed E-state index contributed by atoms with van der Waals surface area (Å²) in [6, 6.07) is 11.1. The fraction of sp³-hybridized carbons (Fsp3) is 0.511. The second-order valence-electron chi connectivity index (χ2n) is 18.0. The van der Waals surface area contributed by atoms with Gasteiger partial charge in [-0.05, 0) is 119 Å². The lowest BCUT2D eigenvalue weighted by atomic mass is 9.83. The molecule has 6 heterocycles. The van der Waals surface area contributed by atoms with Gasteiger partial charge in [-0.1, -0.05) is 17.7 Å². The Morgan fingerprint density at radius 3 is 2.43 bits per heavy atom. The molecule has 2 aromatic heterocycles. The molecule has 4 aliphatic heterocycles. The van der Waals surface area contributed by atoms with E-state index in [1.165, 1.54) is 12.6 Å². The average Bonchev–Trinajstić information content (AvgIpc) is 3.62. The lowest BCUT2D eigenvalue weighted by Gasteiger charge is -2.47. The van der Waals surface area contributed by atoms with Gasteiger partial charge in [0, 0.05) is 56.3 Å². The molecule has 65 heavy (non-hydrogen) atoms. The number of hydrogen-bond acceptors (Lipinski definition) is 13. The molecule has 4 amide bonds. The minimum Gasteiger partial charge on any atom is -0.496 e. The molecule has 18 heteroatoms. The first kappa shape index (κ1) is 44.4. The van der Waals surface area contributed by atoms with E-state index in [2.05, 4.69) is 36.8 Å². The SMILES string of the molecule is CNC(=O)COc1cc2cc(Nc3nc(N4CCC(O[C@H]5C[C@H](N6CCC(c7cc8c(c(OC)c7)C(=O)N(C7CCC(=O)NC7=O)C8)CC6)C5)CC4)ncc3Cl)ccc2n(C(C)C)c1=O. The summed E-state index contributed by atoms with van der Waals surface area (Å²) in [6.07, 6.45) is 8.40. The first-order valence-corrected chi connectivity index (χ1v) is 23.1. The van der Waals surface area contributed by atoms with Crippen LogP contribution in [0.4, 0.5) is 17.5 Å². The van der Waals surface area contributed by atoms with Gasteiger partial charge in [-0.2, -0.15) is 4.98 Å². The number of ether oxygens (including phenoxy) is 3. The molecule has 4 aromatic rings. The van der Waals surface area contributed by atoms with E-state index in [-0.39, 0.29) is 60.3 Å². The number of nitrogens with zero attached hydrogens (tertiary/aromatic N) is 6. The number of aromatic nitrogens is 3. The van der Waals surface area contributed by atoms with E-state index in [1.807, 2.05) is 38.1 Å². The molecule has 1 saturated carbocycles. The standard InChI is InChI=1S/C47H56ClN9O8/c1-26(2)57-36-6-5-31(18-29(36)20-39(45(57)61)64-25-41(59)49-3)51-43-35(48)23-50-47(53-43)55-15-11-33(12-16-55)65-34-21-32(22-34)54-13-9-27(10-14-54)28-17-30-24-56(37-7-8-40(58)52-44(37)60)46(62)42(30)38(19-28)63-4/h5-6,17-20,23,26-27,32-34,37H,7-16,21-22,24-25H2,1-4H3,(H,49,59)(H,50,51,53)(H,52,58,60)/t32-,34-,37?. The van der Waals surface area contributed by atoms with Crippen LogP contribution in [0.1, 0.15) is 98.7 Å². The van der Waals surface area contributed by atoms with E-state index < -0.39 is 11.9 Å². The Labute approximate surface area is 382 Å². The summed E-state index contributed by atoms with van der Waals surface area (Å²) < 4.78 is 19.6.